The van der Waals surface area contributed by atoms with Crippen LogP contribution < -0.4 is 0 Å². The number of halogens is 2. The number of hydrogen-bond donors (Lipinski definition) is 2. The zero-order chi connectivity index (χ0) is 11.6. The summed E-state index contributed by atoms with van der Waals surface area (Å²) in [6.07, 6.45) is 0. The van der Waals surface area contributed by atoms with Crippen LogP contribution in [-0.4, -0.2) is 22.8 Å². The molecule has 0 aliphatic rings. The van der Waals surface area contributed by atoms with E-state index in [1.54, 1.807) is 0 Å². The Morgan fingerprint density at radius 2 is 2.00 bits per heavy atom. The molecule has 82 valence electrons. The molecule has 0 aliphatic carbocycles. The molecule has 0 heterocycles. The third-order valence-corrected chi connectivity index (χ3v) is 2.12. The fraction of sp³-hybridized carbons (Fsp3) is 0.300. The zero-order valence-electron chi connectivity index (χ0n) is 8.00. The average Bonchev–Trinajstić information content (AvgIpc) is 2.16. The summed E-state index contributed by atoms with van der Waals surface area (Å²) in [5.41, 5.74) is -0.594. The van der Waals surface area contributed by atoms with E-state index < -0.39 is 29.1 Å². The van der Waals surface area contributed by atoms with E-state index in [1.807, 2.05) is 0 Å². The molecule has 15 heavy (non-hydrogen) atoms. The van der Waals surface area contributed by atoms with Gasteiger partial charge < -0.3 is 10.2 Å². The second-order valence-electron chi connectivity index (χ2n) is 3.24. The minimum Gasteiger partial charge on any atom is -0.478 e. The number of aliphatic hydroxyl groups excluding tert-OH is 1. The summed E-state index contributed by atoms with van der Waals surface area (Å²) in [6.45, 7) is 1.18. The Hall–Kier alpha value is -1.49. The lowest BCUT2D eigenvalue weighted by molar-refractivity contribution is 0.0691. The number of carbonyl (C=O) groups is 1. The van der Waals surface area contributed by atoms with Gasteiger partial charge in [0.15, 0.2) is 0 Å². The van der Waals surface area contributed by atoms with Gasteiger partial charge >= 0.3 is 5.97 Å². The fourth-order valence-corrected chi connectivity index (χ4v) is 1.21. The van der Waals surface area contributed by atoms with Gasteiger partial charge in [-0.15, -0.1) is 0 Å². The van der Waals surface area contributed by atoms with Crippen molar-refractivity contribution in [3.8, 4) is 0 Å². The molecule has 3 nitrogen and oxygen atoms in total. The van der Waals surface area contributed by atoms with Gasteiger partial charge in [0, 0.05) is 18.6 Å². The number of aromatic carboxylic acids is 1. The van der Waals surface area contributed by atoms with E-state index in [2.05, 4.69) is 0 Å². The summed E-state index contributed by atoms with van der Waals surface area (Å²) in [5, 5.41) is 17.4. The molecular formula is C10H10F2O3. The predicted molar refractivity (Wildman–Crippen MR) is 48.8 cm³/mol. The standard InChI is InChI=1S/C10H10F2O3/c1-5(4-13)6-2-7(10(14)15)9(12)3-8(6)11/h2-3,5,13H,4H2,1H3,(H,14,15). The number of rotatable bonds is 3. The van der Waals surface area contributed by atoms with Crippen molar-refractivity contribution in [1.82, 2.24) is 0 Å². The molecule has 0 bridgehead atoms. The summed E-state index contributed by atoms with van der Waals surface area (Å²) in [4.78, 5) is 10.6. The molecule has 1 aromatic carbocycles. The molecule has 1 unspecified atom stereocenters. The van der Waals surface area contributed by atoms with Gasteiger partial charge in [0.05, 0.1) is 5.56 Å². The Labute approximate surface area is 85.0 Å². The number of carboxylic acid groups (broad SMARTS) is 1. The van der Waals surface area contributed by atoms with Crippen LogP contribution in [0.25, 0.3) is 0 Å². The maximum absolute atomic E-state index is 13.2. The summed E-state index contributed by atoms with van der Waals surface area (Å²) < 4.78 is 26.2. The van der Waals surface area contributed by atoms with E-state index in [9.17, 15) is 13.6 Å². The smallest absolute Gasteiger partial charge is 0.338 e. The molecule has 0 fully saturated rings. The Morgan fingerprint density at radius 3 is 2.47 bits per heavy atom. The molecule has 0 saturated carbocycles. The first-order valence-corrected chi connectivity index (χ1v) is 4.30. The highest BCUT2D eigenvalue weighted by molar-refractivity contribution is 5.88. The van der Waals surface area contributed by atoms with Crippen LogP contribution in [0.15, 0.2) is 12.1 Å². The SMILES string of the molecule is CC(CO)c1cc(C(=O)O)c(F)cc1F. The Bertz CT molecular complexity index is 390. The van der Waals surface area contributed by atoms with Crippen molar-refractivity contribution >= 4 is 5.97 Å². The molecule has 5 heteroatoms. The van der Waals surface area contributed by atoms with Gasteiger partial charge in [0.1, 0.15) is 11.6 Å². The van der Waals surface area contributed by atoms with Crippen molar-refractivity contribution in [3.63, 3.8) is 0 Å². The molecule has 0 amide bonds. The normalized spacial score (nSPS) is 12.5. The highest BCUT2D eigenvalue weighted by Gasteiger charge is 2.18. The van der Waals surface area contributed by atoms with E-state index in [0.29, 0.717) is 6.07 Å². The van der Waals surface area contributed by atoms with Crippen molar-refractivity contribution < 1.29 is 23.8 Å². The first-order chi connectivity index (χ1) is 6.97. The average molecular weight is 216 g/mol. The molecule has 1 atom stereocenters. The minimum absolute atomic E-state index is 0.00343. The monoisotopic (exact) mass is 216 g/mol. The van der Waals surface area contributed by atoms with E-state index in [0.717, 1.165) is 6.07 Å². The van der Waals surface area contributed by atoms with E-state index in [1.165, 1.54) is 6.92 Å². The Kier molecular flexibility index (Phi) is 3.36. The molecule has 0 aliphatic heterocycles. The largest absolute Gasteiger partial charge is 0.478 e. The van der Waals surface area contributed by atoms with Crippen molar-refractivity contribution in [1.29, 1.82) is 0 Å². The lowest BCUT2D eigenvalue weighted by atomic mass is 9.99. The van der Waals surface area contributed by atoms with Crippen LogP contribution >= 0.6 is 0 Å². The van der Waals surface area contributed by atoms with Gasteiger partial charge in [-0.2, -0.15) is 0 Å². The molecule has 1 rings (SSSR count). The molecule has 1 aromatic rings. The topological polar surface area (TPSA) is 57.5 Å². The van der Waals surface area contributed by atoms with Crippen LogP contribution in [0.3, 0.4) is 0 Å². The molecule has 0 saturated heterocycles. The van der Waals surface area contributed by atoms with Crippen molar-refractivity contribution in [3.05, 3.63) is 34.9 Å². The van der Waals surface area contributed by atoms with Crippen LogP contribution in [0.2, 0.25) is 0 Å². The van der Waals surface area contributed by atoms with Gasteiger partial charge in [-0.3, -0.25) is 0 Å². The van der Waals surface area contributed by atoms with Crippen LogP contribution in [0, 0.1) is 11.6 Å². The van der Waals surface area contributed by atoms with Crippen LogP contribution in [-0.2, 0) is 0 Å². The molecule has 0 aromatic heterocycles. The van der Waals surface area contributed by atoms with E-state index >= 15 is 0 Å². The van der Waals surface area contributed by atoms with Crippen LogP contribution in [0.5, 0.6) is 0 Å². The second kappa shape index (κ2) is 4.35. The molecule has 0 spiro atoms. The summed E-state index contributed by atoms with van der Waals surface area (Å²) in [5.74, 6) is -3.99. The Morgan fingerprint density at radius 1 is 1.40 bits per heavy atom. The summed E-state index contributed by atoms with van der Waals surface area (Å²) >= 11 is 0. The predicted octanol–water partition coefficient (Wildman–Crippen LogP) is 1.76. The third-order valence-electron chi connectivity index (χ3n) is 2.12. The highest BCUT2D eigenvalue weighted by atomic mass is 19.1. The molecule has 0 radical (unpaired) electrons. The van der Waals surface area contributed by atoms with Gasteiger partial charge in [-0.25, -0.2) is 13.6 Å². The number of hydrogen-bond acceptors (Lipinski definition) is 2. The number of benzene rings is 1. The third kappa shape index (κ3) is 2.30. The van der Waals surface area contributed by atoms with Gasteiger partial charge in [-0.1, -0.05) is 6.92 Å². The quantitative estimate of drug-likeness (QED) is 0.809. The van der Waals surface area contributed by atoms with Crippen molar-refractivity contribution in [2.75, 3.05) is 6.61 Å². The zero-order valence-corrected chi connectivity index (χ0v) is 8.00. The lowest BCUT2D eigenvalue weighted by Gasteiger charge is -2.10. The summed E-state index contributed by atoms with van der Waals surface area (Å²) in [6, 6.07) is 1.43. The number of aliphatic hydroxyl groups is 1. The van der Waals surface area contributed by atoms with Gasteiger partial charge in [0.25, 0.3) is 0 Å². The van der Waals surface area contributed by atoms with Crippen LogP contribution in [0.1, 0.15) is 28.8 Å². The second-order valence-corrected chi connectivity index (χ2v) is 3.24. The minimum atomic E-state index is -1.46. The Balaban J connectivity index is 3.29. The maximum atomic E-state index is 13.2. The van der Waals surface area contributed by atoms with Crippen LogP contribution in [0.4, 0.5) is 8.78 Å². The first kappa shape index (κ1) is 11.6. The van der Waals surface area contributed by atoms with Crippen molar-refractivity contribution in [2.24, 2.45) is 0 Å². The van der Waals surface area contributed by atoms with E-state index in [-0.39, 0.29) is 12.2 Å². The lowest BCUT2D eigenvalue weighted by Crippen LogP contribution is -2.08. The van der Waals surface area contributed by atoms with Gasteiger partial charge in [-0.05, 0) is 11.6 Å². The fourth-order valence-electron chi connectivity index (χ4n) is 1.21. The molecular weight excluding hydrogens is 206 g/mol. The molecule has 2 N–H and O–H groups in total. The van der Waals surface area contributed by atoms with Gasteiger partial charge in [0.2, 0.25) is 0 Å². The summed E-state index contributed by atoms with van der Waals surface area (Å²) in [7, 11) is 0. The van der Waals surface area contributed by atoms with Crippen molar-refractivity contribution in [2.45, 2.75) is 12.8 Å². The number of carboxylic acids is 1. The first-order valence-electron chi connectivity index (χ1n) is 4.30. The maximum Gasteiger partial charge on any atom is 0.338 e. The van der Waals surface area contributed by atoms with E-state index in [4.69, 9.17) is 10.2 Å². The highest BCUT2D eigenvalue weighted by Crippen LogP contribution is 2.22.